The lowest BCUT2D eigenvalue weighted by atomic mass is 10.0. The van der Waals surface area contributed by atoms with Crippen LogP contribution in [0.5, 0.6) is 0 Å². The van der Waals surface area contributed by atoms with Crippen molar-refractivity contribution in [2.75, 3.05) is 5.32 Å². The number of fused-ring (bicyclic) bond motifs is 1. The second-order valence-corrected chi connectivity index (χ2v) is 6.86. The van der Waals surface area contributed by atoms with Gasteiger partial charge in [-0.3, -0.25) is 4.40 Å². The predicted molar refractivity (Wildman–Crippen MR) is 112 cm³/mol. The third-order valence-electron chi connectivity index (χ3n) is 5.13. The van der Waals surface area contributed by atoms with Crippen molar-refractivity contribution >= 4 is 23.2 Å². The fourth-order valence-electron chi connectivity index (χ4n) is 3.50. The summed E-state index contributed by atoms with van der Waals surface area (Å²) in [5.41, 5.74) is 2.90. The first kappa shape index (κ1) is 19.7. The summed E-state index contributed by atoms with van der Waals surface area (Å²) in [6, 6.07) is 5.94. The molecule has 0 aliphatic carbocycles. The molecule has 0 amide bonds. The summed E-state index contributed by atoms with van der Waals surface area (Å²) in [5.74, 6) is -1.49. The van der Waals surface area contributed by atoms with E-state index in [1.165, 1.54) is 6.20 Å². The monoisotopic (exact) mass is 408 g/mol. The molecule has 0 aliphatic rings. The van der Waals surface area contributed by atoms with Gasteiger partial charge in [0, 0.05) is 29.2 Å². The molecule has 0 spiro atoms. The molecule has 0 saturated heterocycles. The number of hydrogen-bond acceptors (Lipinski definition) is 3. The molecule has 2 aromatic carbocycles. The quantitative estimate of drug-likeness (QED) is 0.436. The topological polar surface area (TPSA) is 42.2 Å². The second-order valence-electron chi connectivity index (χ2n) is 6.86. The highest BCUT2D eigenvalue weighted by atomic mass is 19.1. The summed E-state index contributed by atoms with van der Waals surface area (Å²) in [5, 5.41) is 2.89. The van der Waals surface area contributed by atoms with E-state index in [-0.39, 0.29) is 22.9 Å². The zero-order chi connectivity index (χ0) is 21.4. The Kier molecular flexibility index (Phi) is 5.03. The molecular weight excluding hydrogens is 389 g/mol. The minimum atomic E-state index is -0.739. The Hall–Kier alpha value is -3.61. The molecule has 7 heteroatoms. The third kappa shape index (κ3) is 3.22. The van der Waals surface area contributed by atoms with Crippen LogP contribution < -0.4 is 5.32 Å². The lowest BCUT2D eigenvalue weighted by Crippen LogP contribution is -2.01. The van der Waals surface area contributed by atoms with Gasteiger partial charge >= 0.3 is 0 Å². The number of aryl methyl sites for hydroxylation is 1. The third-order valence-corrected chi connectivity index (χ3v) is 5.13. The van der Waals surface area contributed by atoms with E-state index in [1.54, 1.807) is 29.8 Å². The van der Waals surface area contributed by atoms with Crippen LogP contribution in [0.4, 0.5) is 24.7 Å². The van der Waals surface area contributed by atoms with Crippen molar-refractivity contribution in [1.29, 1.82) is 0 Å². The molecule has 0 aliphatic heterocycles. The maximum absolute atomic E-state index is 15.0. The lowest BCUT2D eigenvalue weighted by Gasteiger charge is -2.11. The predicted octanol–water partition coefficient (Wildman–Crippen LogP) is 6.07. The smallest absolute Gasteiger partial charge is 0.180 e. The molecule has 1 N–H and O–H groups in total. The highest BCUT2D eigenvalue weighted by Crippen LogP contribution is 2.30. The van der Waals surface area contributed by atoms with Crippen molar-refractivity contribution < 1.29 is 13.2 Å². The zero-order valence-electron chi connectivity index (χ0n) is 16.5. The first-order chi connectivity index (χ1) is 14.4. The molecule has 4 rings (SSSR count). The average Bonchev–Trinajstić information content (AvgIpc) is 3.15. The van der Waals surface area contributed by atoms with E-state index in [4.69, 9.17) is 0 Å². The first-order valence-electron chi connectivity index (χ1n) is 9.43. The summed E-state index contributed by atoms with van der Waals surface area (Å²) < 4.78 is 44.8. The van der Waals surface area contributed by atoms with Crippen LogP contribution in [0.3, 0.4) is 0 Å². The Bertz CT molecular complexity index is 1250. The molecule has 0 atom stereocenters. The van der Waals surface area contributed by atoms with Gasteiger partial charge in [0.25, 0.3) is 0 Å². The van der Waals surface area contributed by atoms with Crippen molar-refractivity contribution in [2.45, 2.75) is 20.3 Å². The van der Waals surface area contributed by atoms with Gasteiger partial charge in [0.2, 0.25) is 0 Å². The number of benzene rings is 2. The number of anilines is 2. The van der Waals surface area contributed by atoms with Crippen molar-refractivity contribution in [3.05, 3.63) is 83.6 Å². The van der Waals surface area contributed by atoms with E-state index < -0.39 is 11.6 Å². The van der Waals surface area contributed by atoms with Crippen LogP contribution in [0, 0.1) is 24.4 Å². The molecule has 0 fully saturated rings. The maximum atomic E-state index is 15.0. The molecule has 0 radical (unpaired) electrons. The van der Waals surface area contributed by atoms with Gasteiger partial charge in [-0.2, -0.15) is 0 Å². The molecular formula is C23H19F3N4. The summed E-state index contributed by atoms with van der Waals surface area (Å²) in [6.45, 7) is 7.14. The van der Waals surface area contributed by atoms with Crippen molar-refractivity contribution in [2.24, 2.45) is 0 Å². The van der Waals surface area contributed by atoms with Crippen LogP contribution in [-0.4, -0.2) is 14.4 Å². The van der Waals surface area contributed by atoms with Gasteiger partial charge in [0.1, 0.15) is 17.5 Å². The number of halogens is 3. The van der Waals surface area contributed by atoms with Gasteiger partial charge in [-0.15, -0.1) is 0 Å². The van der Waals surface area contributed by atoms with Gasteiger partial charge in [-0.1, -0.05) is 25.6 Å². The Morgan fingerprint density at radius 1 is 1.13 bits per heavy atom. The summed E-state index contributed by atoms with van der Waals surface area (Å²) in [6.07, 6.45) is 6.58. The molecule has 152 valence electrons. The van der Waals surface area contributed by atoms with E-state index in [0.717, 1.165) is 30.2 Å². The molecule has 0 unspecified atom stereocenters. The Morgan fingerprint density at radius 3 is 2.53 bits per heavy atom. The number of hydrogen-bond donors (Lipinski definition) is 1. The van der Waals surface area contributed by atoms with E-state index in [1.807, 2.05) is 13.0 Å². The maximum Gasteiger partial charge on any atom is 0.180 e. The van der Waals surface area contributed by atoms with Gasteiger partial charge in [-0.25, -0.2) is 23.1 Å². The number of rotatable bonds is 5. The van der Waals surface area contributed by atoms with Gasteiger partial charge in [-0.05, 0) is 42.7 Å². The van der Waals surface area contributed by atoms with E-state index >= 15 is 0 Å². The lowest BCUT2D eigenvalue weighted by molar-refractivity contribution is 0.580. The number of imidazole rings is 1. The summed E-state index contributed by atoms with van der Waals surface area (Å²) >= 11 is 0. The summed E-state index contributed by atoms with van der Waals surface area (Å²) in [7, 11) is 0. The van der Waals surface area contributed by atoms with Gasteiger partial charge in [0.15, 0.2) is 11.5 Å². The minimum absolute atomic E-state index is 0.176. The summed E-state index contributed by atoms with van der Waals surface area (Å²) in [4.78, 5) is 8.58. The Morgan fingerprint density at radius 2 is 1.87 bits per heavy atom. The first-order valence-corrected chi connectivity index (χ1v) is 9.43. The van der Waals surface area contributed by atoms with Gasteiger partial charge in [0.05, 0.1) is 11.9 Å². The Balaban J connectivity index is 1.78. The van der Waals surface area contributed by atoms with Crippen LogP contribution in [-0.2, 0) is 6.42 Å². The molecule has 0 saturated carbocycles. The average molecular weight is 408 g/mol. The van der Waals surface area contributed by atoms with E-state index in [9.17, 15) is 13.2 Å². The van der Waals surface area contributed by atoms with Crippen molar-refractivity contribution in [3.63, 3.8) is 0 Å². The molecule has 4 aromatic rings. The van der Waals surface area contributed by atoms with Crippen LogP contribution in [0.1, 0.15) is 23.6 Å². The van der Waals surface area contributed by atoms with Crippen LogP contribution in [0.25, 0.3) is 23.0 Å². The Labute approximate surface area is 171 Å². The van der Waals surface area contributed by atoms with E-state index in [2.05, 4.69) is 21.9 Å². The van der Waals surface area contributed by atoms with Crippen molar-refractivity contribution in [3.8, 4) is 11.3 Å². The molecule has 0 bridgehead atoms. The zero-order valence-corrected chi connectivity index (χ0v) is 16.5. The van der Waals surface area contributed by atoms with Crippen LogP contribution in [0.2, 0.25) is 0 Å². The normalized spacial score (nSPS) is 11.1. The number of nitrogens with one attached hydrogen (secondary N) is 1. The van der Waals surface area contributed by atoms with Gasteiger partial charge < -0.3 is 5.32 Å². The number of nitrogens with zero attached hydrogens (tertiary/aromatic N) is 3. The fraction of sp³-hybridized carbons (Fsp3) is 0.130. The minimum Gasteiger partial charge on any atom is -0.337 e. The standard InChI is InChI=1S/C23H19F3N4/c1-4-14-6-7-17(21(26)13(14)3)20-12-28-23-22(27-8-9-30(20)23)29-15-10-18(24)16(5-2)19(25)11-15/h5-12H,2,4H2,1,3H3,(H,27,29). The molecule has 4 nitrogen and oxygen atoms in total. The molecule has 30 heavy (non-hydrogen) atoms. The van der Waals surface area contributed by atoms with Crippen molar-refractivity contribution in [1.82, 2.24) is 14.4 Å². The SMILES string of the molecule is C=Cc1c(F)cc(Nc2nccn3c(-c4ccc(CC)c(C)c4F)cnc23)cc1F. The number of aromatic nitrogens is 3. The van der Waals surface area contributed by atoms with E-state index in [0.29, 0.717) is 22.5 Å². The van der Waals surface area contributed by atoms with Crippen LogP contribution in [0.15, 0.2) is 49.4 Å². The highest BCUT2D eigenvalue weighted by Gasteiger charge is 2.17. The fourth-order valence-corrected chi connectivity index (χ4v) is 3.50. The second kappa shape index (κ2) is 7.67. The largest absolute Gasteiger partial charge is 0.337 e. The highest BCUT2D eigenvalue weighted by molar-refractivity contribution is 5.75. The molecule has 2 heterocycles. The molecule has 2 aromatic heterocycles. The van der Waals surface area contributed by atoms with Crippen LogP contribution >= 0.6 is 0 Å².